The second-order valence-corrected chi connectivity index (χ2v) is 5.36. The SMILES string of the molecule is Cc1nccn1-c1ccc(CC2CCCCN2)cc1. The molecule has 19 heavy (non-hydrogen) atoms. The van der Waals surface area contributed by atoms with Gasteiger partial charge in [0.15, 0.2) is 0 Å². The highest BCUT2D eigenvalue weighted by Crippen LogP contribution is 2.16. The van der Waals surface area contributed by atoms with Gasteiger partial charge in [0.1, 0.15) is 5.82 Å². The van der Waals surface area contributed by atoms with Crippen LogP contribution in [0.3, 0.4) is 0 Å². The summed E-state index contributed by atoms with van der Waals surface area (Å²) >= 11 is 0. The van der Waals surface area contributed by atoms with Crippen molar-refractivity contribution < 1.29 is 0 Å². The van der Waals surface area contributed by atoms with Crippen molar-refractivity contribution in [2.24, 2.45) is 0 Å². The van der Waals surface area contributed by atoms with Gasteiger partial charge in [-0.3, -0.25) is 0 Å². The Morgan fingerprint density at radius 3 is 2.74 bits per heavy atom. The van der Waals surface area contributed by atoms with Gasteiger partial charge in [0.05, 0.1) is 0 Å². The van der Waals surface area contributed by atoms with E-state index in [2.05, 4.69) is 39.1 Å². The Bertz CT molecular complexity index is 521. The lowest BCUT2D eigenvalue weighted by Crippen LogP contribution is -2.35. The molecule has 1 unspecified atom stereocenters. The van der Waals surface area contributed by atoms with Crippen LogP contribution in [0.15, 0.2) is 36.7 Å². The number of hydrogen-bond donors (Lipinski definition) is 1. The van der Waals surface area contributed by atoms with Gasteiger partial charge < -0.3 is 9.88 Å². The highest BCUT2D eigenvalue weighted by Gasteiger charge is 2.12. The van der Waals surface area contributed by atoms with Crippen LogP contribution in [-0.2, 0) is 6.42 Å². The largest absolute Gasteiger partial charge is 0.314 e. The number of rotatable bonds is 3. The molecule has 3 heteroatoms. The summed E-state index contributed by atoms with van der Waals surface area (Å²) in [6.07, 6.45) is 8.99. The Hall–Kier alpha value is -1.61. The van der Waals surface area contributed by atoms with Crippen LogP contribution in [0, 0.1) is 6.92 Å². The van der Waals surface area contributed by atoms with Gasteiger partial charge in [0.2, 0.25) is 0 Å². The Kier molecular flexibility index (Phi) is 3.65. The van der Waals surface area contributed by atoms with Crippen LogP contribution in [0.2, 0.25) is 0 Å². The molecule has 100 valence electrons. The molecule has 3 nitrogen and oxygen atoms in total. The molecule has 1 aliphatic rings. The molecule has 0 radical (unpaired) electrons. The minimum absolute atomic E-state index is 0.662. The van der Waals surface area contributed by atoms with Crippen LogP contribution in [-0.4, -0.2) is 22.1 Å². The van der Waals surface area contributed by atoms with Crippen molar-refractivity contribution >= 4 is 0 Å². The number of aromatic nitrogens is 2. The van der Waals surface area contributed by atoms with Crippen LogP contribution in [0.5, 0.6) is 0 Å². The summed E-state index contributed by atoms with van der Waals surface area (Å²) in [6, 6.07) is 9.52. The summed E-state index contributed by atoms with van der Waals surface area (Å²) in [5.41, 5.74) is 2.61. The zero-order valence-electron chi connectivity index (χ0n) is 11.5. The fourth-order valence-corrected chi connectivity index (χ4v) is 2.83. The number of nitrogens with zero attached hydrogens (tertiary/aromatic N) is 2. The molecule has 1 aromatic carbocycles. The third-order valence-electron chi connectivity index (χ3n) is 3.93. The number of nitrogens with one attached hydrogen (secondary N) is 1. The molecule has 2 aromatic rings. The highest BCUT2D eigenvalue weighted by molar-refractivity contribution is 5.36. The van der Waals surface area contributed by atoms with Crippen LogP contribution in [0.25, 0.3) is 5.69 Å². The van der Waals surface area contributed by atoms with E-state index in [-0.39, 0.29) is 0 Å². The van der Waals surface area contributed by atoms with E-state index in [0.717, 1.165) is 12.2 Å². The van der Waals surface area contributed by atoms with Gasteiger partial charge >= 0.3 is 0 Å². The topological polar surface area (TPSA) is 29.9 Å². The summed E-state index contributed by atoms with van der Waals surface area (Å²) in [5, 5.41) is 3.60. The fraction of sp³-hybridized carbons (Fsp3) is 0.438. The Morgan fingerprint density at radius 1 is 1.26 bits per heavy atom. The molecule has 1 atom stereocenters. The summed E-state index contributed by atoms with van der Waals surface area (Å²) in [4.78, 5) is 4.26. The fourth-order valence-electron chi connectivity index (χ4n) is 2.83. The van der Waals surface area contributed by atoms with Gasteiger partial charge in [-0.1, -0.05) is 18.6 Å². The number of hydrogen-bond acceptors (Lipinski definition) is 2. The lowest BCUT2D eigenvalue weighted by molar-refractivity contribution is 0.399. The lowest BCUT2D eigenvalue weighted by atomic mass is 9.98. The van der Waals surface area contributed by atoms with Crippen molar-refractivity contribution in [1.82, 2.24) is 14.9 Å². The molecule has 1 fully saturated rings. The lowest BCUT2D eigenvalue weighted by Gasteiger charge is -2.23. The number of imidazole rings is 1. The summed E-state index contributed by atoms with van der Waals surface area (Å²) in [6.45, 7) is 3.21. The van der Waals surface area contributed by atoms with E-state index in [0.29, 0.717) is 6.04 Å². The molecule has 1 aliphatic heterocycles. The van der Waals surface area contributed by atoms with Crippen LogP contribution in [0.1, 0.15) is 30.7 Å². The number of benzene rings is 1. The van der Waals surface area contributed by atoms with Gasteiger partial charge in [-0.2, -0.15) is 0 Å². The normalized spacial score (nSPS) is 19.5. The maximum atomic E-state index is 4.26. The van der Waals surface area contributed by atoms with Crippen molar-refractivity contribution in [3.8, 4) is 5.69 Å². The summed E-state index contributed by atoms with van der Waals surface area (Å²) in [7, 11) is 0. The molecular weight excluding hydrogens is 234 g/mol. The molecule has 2 heterocycles. The molecule has 1 aromatic heterocycles. The van der Waals surface area contributed by atoms with Crippen LogP contribution >= 0.6 is 0 Å². The van der Waals surface area contributed by atoms with Crippen LogP contribution < -0.4 is 5.32 Å². The van der Waals surface area contributed by atoms with Crippen molar-refractivity contribution in [3.05, 3.63) is 48.0 Å². The molecule has 1 saturated heterocycles. The third-order valence-corrected chi connectivity index (χ3v) is 3.93. The van der Waals surface area contributed by atoms with E-state index in [1.165, 1.54) is 37.1 Å². The van der Waals surface area contributed by atoms with E-state index in [4.69, 9.17) is 0 Å². The van der Waals surface area contributed by atoms with E-state index >= 15 is 0 Å². The number of aryl methyl sites for hydroxylation is 1. The third kappa shape index (κ3) is 2.87. The Balaban J connectivity index is 1.70. The highest BCUT2D eigenvalue weighted by atomic mass is 15.1. The van der Waals surface area contributed by atoms with Crippen LogP contribution in [0.4, 0.5) is 0 Å². The average Bonchev–Trinajstić information content (AvgIpc) is 2.87. The predicted octanol–water partition coefficient (Wildman–Crippen LogP) is 2.87. The maximum Gasteiger partial charge on any atom is 0.110 e. The molecule has 0 amide bonds. The van der Waals surface area contributed by atoms with Crippen molar-refractivity contribution in [3.63, 3.8) is 0 Å². The van der Waals surface area contributed by atoms with Gasteiger partial charge in [-0.25, -0.2) is 4.98 Å². The molecule has 0 bridgehead atoms. The second kappa shape index (κ2) is 5.57. The number of piperidine rings is 1. The summed E-state index contributed by atoms with van der Waals surface area (Å²) in [5.74, 6) is 1.03. The first-order valence-electron chi connectivity index (χ1n) is 7.15. The van der Waals surface area contributed by atoms with Gasteiger partial charge in [0, 0.05) is 24.1 Å². The van der Waals surface area contributed by atoms with Crippen molar-refractivity contribution in [2.75, 3.05) is 6.54 Å². The molecule has 0 saturated carbocycles. The second-order valence-electron chi connectivity index (χ2n) is 5.36. The van der Waals surface area contributed by atoms with Gasteiger partial charge in [-0.15, -0.1) is 0 Å². The monoisotopic (exact) mass is 255 g/mol. The standard InChI is InChI=1S/C16H21N3/c1-13-17-10-11-19(13)16-7-5-14(6-8-16)12-15-4-2-3-9-18-15/h5-8,10-11,15,18H,2-4,9,12H2,1H3. The van der Waals surface area contributed by atoms with E-state index in [1.54, 1.807) is 0 Å². The van der Waals surface area contributed by atoms with Crippen molar-refractivity contribution in [1.29, 1.82) is 0 Å². The zero-order chi connectivity index (χ0) is 13.1. The first-order chi connectivity index (χ1) is 9.33. The van der Waals surface area contributed by atoms with E-state index < -0.39 is 0 Å². The quantitative estimate of drug-likeness (QED) is 0.914. The molecule has 3 rings (SSSR count). The molecule has 0 aliphatic carbocycles. The first kappa shape index (κ1) is 12.4. The summed E-state index contributed by atoms with van der Waals surface area (Å²) < 4.78 is 2.11. The van der Waals surface area contributed by atoms with E-state index in [9.17, 15) is 0 Å². The van der Waals surface area contributed by atoms with Gasteiger partial charge in [-0.05, 0) is 50.4 Å². The maximum absolute atomic E-state index is 4.26. The van der Waals surface area contributed by atoms with Crippen molar-refractivity contribution in [2.45, 2.75) is 38.6 Å². The molecular formula is C16H21N3. The average molecular weight is 255 g/mol. The minimum atomic E-state index is 0.662. The molecule has 1 N–H and O–H groups in total. The van der Waals surface area contributed by atoms with Gasteiger partial charge in [0.25, 0.3) is 0 Å². The zero-order valence-corrected chi connectivity index (χ0v) is 11.5. The molecule has 0 spiro atoms. The Morgan fingerprint density at radius 2 is 2.11 bits per heavy atom. The minimum Gasteiger partial charge on any atom is -0.314 e. The smallest absolute Gasteiger partial charge is 0.110 e. The predicted molar refractivity (Wildman–Crippen MR) is 77.6 cm³/mol. The Labute approximate surface area is 114 Å². The first-order valence-corrected chi connectivity index (χ1v) is 7.15. The van der Waals surface area contributed by atoms with E-state index in [1.807, 2.05) is 19.3 Å².